The average molecular weight is 338 g/mol. The first-order chi connectivity index (χ1) is 12.0. The molecule has 0 saturated carbocycles. The number of benzene rings is 2. The number of carbonyl (C=O) groups is 2. The predicted octanol–water partition coefficient (Wildman–Crippen LogP) is 2.12. The highest BCUT2D eigenvalue weighted by Crippen LogP contribution is 2.23. The van der Waals surface area contributed by atoms with E-state index in [1.165, 1.54) is 11.1 Å². The van der Waals surface area contributed by atoms with Gasteiger partial charge in [0.1, 0.15) is 0 Å². The summed E-state index contributed by atoms with van der Waals surface area (Å²) in [6.07, 6.45) is 1.10. The van der Waals surface area contributed by atoms with Gasteiger partial charge in [-0.1, -0.05) is 48.5 Å². The highest BCUT2D eigenvalue weighted by atomic mass is 16.4. The van der Waals surface area contributed by atoms with Crippen molar-refractivity contribution in [2.45, 2.75) is 38.4 Å². The molecule has 0 spiro atoms. The number of aryl methyl sites for hydroxylation is 1. The molecular formula is C20H22N2O3. The Bertz CT molecular complexity index is 746. The molecule has 1 aliphatic heterocycles. The van der Waals surface area contributed by atoms with Crippen LogP contribution in [0.25, 0.3) is 0 Å². The maximum atomic E-state index is 12.6. The number of nitrogens with two attached hydrogens (primary N) is 1. The van der Waals surface area contributed by atoms with Crippen LogP contribution in [0.2, 0.25) is 0 Å². The molecule has 25 heavy (non-hydrogen) atoms. The minimum atomic E-state index is -0.802. The van der Waals surface area contributed by atoms with Gasteiger partial charge in [0.2, 0.25) is 5.91 Å². The lowest BCUT2D eigenvalue weighted by Crippen LogP contribution is -2.42. The van der Waals surface area contributed by atoms with Crippen LogP contribution in [0.15, 0.2) is 48.5 Å². The first kappa shape index (κ1) is 17.2. The Labute approximate surface area is 147 Å². The van der Waals surface area contributed by atoms with Crippen molar-refractivity contribution in [2.24, 2.45) is 5.73 Å². The van der Waals surface area contributed by atoms with Gasteiger partial charge in [0.25, 0.3) is 0 Å². The molecule has 130 valence electrons. The predicted molar refractivity (Wildman–Crippen MR) is 94.8 cm³/mol. The van der Waals surface area contributed by atoms with Crippen molar-refractivity contribution in [1.82, 2.24) is 4.90 Å². The average Bonchev–Trinajstić information content (AvgIpc) is 3.04. The lowest BCUT2D eigenvalue weighted by molar-refractivity contribution is -0.137. The molecule has 0 saturated heterocycles. The first-order valence-electron chi connectivity index (χ1n) is 8.43. The number of fused-ring (bicyclic) bond motifs is 1. The monoisotopic (exact) mass is 338 g/mol. The fraction of sp³-hybridized carbons (Fsp3) is 0.300. The molecule has 0 aliphatic carbocycles. The quantitative estimate of drug-likeness (QED) is 0.845. The number of amides is 1. The smallest absolute Gasteiger partial charge is 0.303 e. The van der Waals surface area contributed by atoms with E-state index in [2.05, 4.69) is 0 Å². The largest absolute Gasteiger partial charge is 0.481 e. The third-order valence-electron chi connectivity index (χ3n) is 4.58. The molecule has 1 amide bonds. The SMILES string of the molecule is N[C@H](Cc1ccc(CCC(=O)O)cc1)C(=O)N1Cc2ccccc2C1. The Morgan fingerprint density at radius 1 is 1.00 bits per heavy atom. The molecule has 3 rings (SSSR count). The minimum absolute atomic E-state index is 0.0360. The van der Waals surface area contributed by atoms with Gasteiger partial charge in [0, 0.05) is 19.5 Å². The number of rotatable bonds is 6. The lowest BCUT2D eigenvalue weighted by Gasteiger charge is -2.20. The fourth-order valence-electron chi connectivity index (χ4n) is 3.16. The van der Waals surface area contributed by atoms with Crippen molar-refractivity contribution in [3.05, 3.63) is 70.8 Å². The summed E-state index contributed by atoms with van der Waals surface area (Å²) < 4.78 is 0. The van der Waals surface area contributed by atoms with Crippen LogP contribution in [0.5, 0.6) is 0 Å². The summed E-state index contributed by atoms with van der Waals surface area (Å²) >= 11 is 0. The zero-order chi connectivity index (χ0) is 17.8. The standard InChI is InChI=1S/C20H22N2O3/c21-18(11-15-7-5-14(6-8-15)9-10-19(23)24)20(25)22-12-16-3-1-2-4-17(16)13-22/h1-8,18H,9-13,21H2,(H,23,24)/t18-/m1/s1. The Morgan fingerprint density at radius 2 is 1.56 bits per heavy atom. The molecule has 2 aromatic rings. The van der Waals surface area contributed by atoms with Gasteiger partial charge in [-0.3, -0.25) is 9.59 Å². The maximum Gasteiger partial charge on any atom is 0.303 e. The van der Waals surface area contributed by atoms with Crippen molar-refractivity contribution < 1.29 is 14.7 Å². The van der Waals surface area contributed by atoms with Crippen LogP contribution >= 0.6 is 0 Å². The normalized spacial score (nSPS) is 14.2. The number of carboxylic acid groups (broad SMARTS) is 1. The number of carboxylic acids is 1. The number of carbonyl (C=O) groups excluding carboxylic acids is 1. The molecule has 5 nitrogen and oxygen atoms in total. The van der Waals surface area contributed by atoms with Crippen molar-refractivity contribution >= 4 is 11.9 Å². The zero-order valence-corrected chi connectivity index (χ0v) is 14.0. The van der Waals surface area contributed by atoms with Gasteiger partial charge in [-0.05, 0) is 35.1 Å². The summed E-state index contributed by atoms with van der Waals surface area (Å²) in [5, 5.41) is 8.72. The Hall–Kier alpha value is -2.66. The van der Waals surface area contributed by atoms with Crippen LogP contribution in [0.3, 0.4) is 0 Å². The number of nitrogens with zero attached hydrogens (tertiary/aromatic N) is 1. The molecule has 0 unspecified atom stereocenters. The van der Waals surface area contributed by atoms with Gasteiger partial charge in [-0.2, -0.15) is 0 Å². The number of hydrogen-bond donors (Lipinski definition) is 2. The van der Waals surface area contributed by atoms with Crippen molar-refractivity contribution in [3.8, 4) is 0 Å². The second-order valence-corrected chi connectivity index (χ2v) is 6.48. The summed E-state index contributed by atoms with van der Waals surface area (Å²) in [4.78, 5) is 25.0. The Kier molecular flexibility index (Phi) is 5.14. The molecule has 1 aliphatic rings. The molecule has 1 atom stereocenters. The van der Waals surface area contributed by atoms with E-state index in [1.807, 2.05) is 48.5 Å². The van der Waals surface area contributed by atoms with Crippen LogP contribution in [-0.2, 0) is 35.5 Å². The Balaban J connectivity index is 1.56. The second kappa shape index (κ2) is 7.49. The zero-order valence-electron chi connectivity index (χ0n) is 14.0. The van der Waals surface area contributed by atoms with Gasteiger partial charge in [-0.25, -0.2) is 0 Å². The summed E-state index contributed by atoms with van der Waals surface area (Å²) in [6, 6.07) is 15.1. The van der Waals surface area contributed by atoms with E-state index in [1.54, 1.807) is 4.90 Å². The van der Waals surface area contributed by atoms with E-state index >= 15 is 0 Å². The van der Waals surface area contributed by atoms with Crippen LogP contribution in [0, 0.1) is 0 Å². The molecule has 0 radical (unpaired) electrons. The fourth-order valence-corrected chi connectivity index (χ4v) is 3.16. The van der Waals surface area contributed by atoms with Crippen LogP contribution in [-0.4, -0.2) is 27.9 Å². The molecule has 0 fully saturated rings. The van der Waals surface area contributed by atoms with Crippen molar-refractivity contribution in [1.29, 1.82) is 0 Å². The van der Waals surface area contributed by atoms with Gasteiger partial charge in [-0.15, -0.1) is 0 Å². The van der Waals surface area contributed by atoms with Crippen LogP contribution < -0.4 is 5.73 Å². The van der Waals surface area contributed by atoms with Crippen molar-refractivity contribution in [3.63, 3.8) is 0 Å². The highest BCUT2D eigenvalue weighted by molar-refractivity contribution is 5.82. The molecule has 0 aromatic heterocycles. The van der Waals surface area contributed by atoms with E-state index in [0.29, 0.717) is 25.9 Å². The highest BCUT2D eigenvalue weighted by Gasteiger charge is 2.26. The summed E-state index contributed by atoms with van der Waals surface area (Å²) in [5.74, 6) is -0.838. The Morgan fingerprint density at radius 3 is 2.12 bits per heavy atom. The number of aliphatic carboxylic acids is 1. The minimum Gasteiger partial charge on any atom is -0.481 e. The molecule has 0 bridgehead atoms. The molecule has 3 N–H and O–H groups in total. The lowest BCUT2D eigenvalue weighted by atomic mass is 10.0. The van der Waals surface area contributed by atoms with Crippen LogP contribution in [0.1, 0.15) is 28.7 Å². The van der Waals surface area contributed by atoms with E-state index in [9.17, 15) is 9.59 Å². The van der Waals surface area contributed by atoms with E-state index in [0.717, 1.165) is 11.1 Å². The van der Waals surface area contributed by atoms with Crippen LogP contribution in [0.4, 0.5) is 0 Å². The number of hydrogen-bond acceptors (Lipinski definition) is 3. The first-order valence-corrected chi connectivity index (χ1v) is 8.43. The van der Waals surface area contributed by atoms with E-state index < -0.39 is 12.0 Å². The molecular weight excluding hydrogens is 316 g/mol. The van der Waals surface area contributed by atoms with Gasteiger partial charge >= 0.3 is 5.97 Å². The van der Waals surface area contributed by atoms with Gasteiger partial charge in [0.05, 0.1) is 6.04 Å². The van der Waals surface area contributed by atoms with Crippen molar-refractivity contribution in [2.75, 3.05) is 0 Å². The van der Waals surface area contributed by atoms with Gasteiger partial charge < -0.3 is 15.7 Å². The van der Waals surface area contributed by atoms with Gasteiger partial charge in [0.15, 0.2) is 0 Å². The third kappa shape index (κ3) is 4.25. The maximum absolute atomic E-state index is 12.6. The molecule has 1 heterocycles. The van der Waals surface area contributed by atoms with E-state index in [4.69, 9.17) is 10.8 Å². The molecule has 5 heteroatoms. The van der Waals surface area contributed by atoms with E-state index in [-0.39, 0.29) is 12.3 Å². The topological polar surface area (TPSA) is 83.6 Å². The summed E-state index contributed by atoms with van der Waals surface area (Å²) in [5.41, 5.74) is 10.5. The second-order valence-electron chi connectivity index (χ2n) is 6.48. The summed E-state index contributed by atoms with van der Waals surface area (Å²) in [6.45, 7) is 1.24. The third-order valence-corrected chi connectivity index (χ3v) is 4.58. The molecule has 2 aromatic carbocycles. The summed E-state index contributed by atoms with van der Waals surface area (Å²) in [7, 11) is 0.